The normalized spacial score (nSPS) is 31.0. The summed E-state index contributed by atoms with van der Waals surface area (Å²) < 4.78 is 26.2. The van der Waals surface area contributed by atoms with Crippen LogP contribution in [0.5, 0.6) is 0 Å². The molecule has 0 aromatic carbocycles. The largest absolute Gasteiger partial charge is 0.498 e. The maximum absolute atomic E-state index is 11.4. The fourth-order valence-electron chi connectivity index (χ4n) is 0.702. The maximum atomic E-state index is 11.4. The summed E-state index contributed by atoms with van der Waals surface area (Å²) in [5.74, 6) is 1.34. The zero-order valence-electron chi connectivity index (χ0n) is 6.36. The van der Waals surface area contributed by atoms with E-state index < -0.39 is 7.60 Å². The summed E-state index contributed by atoms with van der Waals surface area (Å²) in [5, 5.41) is 0. The molecule has 1 rings (SSSR count). The minimum Gasteiger partial charge on any atom is -0.498 e. The molecular formula is C6H11O4P. The first kappa shape index (κ1) is 8.78. The van der Waals surface area contributed by atoms with Crippen LogP contribution in [0.2, 0.25) is 0 Å². The molecule has 0 radical (unpaired) electrons. The van der Waals surface area contributed by atoms with Gasteiger partial charge in [-0.15, -0.1) is 0 Å². The summed E-state index contributed by atoms with van der Waals surface area (Å²) in [7, 11) is -2.96. The molecule has 4 nitrogen and oxygen atoms in total. The van der Waals surface area contributed by atoms with Gasteiger partial charge in [0.25, 0.3) is 0 Å². The molecule has 64 valence electrons. The second kappa shape index (κ2) is 3.90. The second-order valence-electron chi connectivity index (χ2n) is 1.95. The van der Waals surface area contributed by atoms with Crippen LogP contribution in [-0.4, -0.2) is 19.8 Å². The van der Waals surface area contributed by atoms with Crippen LogP contribution in [0, 0.1) is 0 Å². The lowest BCUT2D eigenvalue weighted by Crippen LogP contribution is -1.97. The van der Waals surface area contributed by atoms with Gasteiger partial charge in [0.15, 0.2) is 0 Å². The standard InChI is InChI=1S/C6H11O4P/c1-2-9-11(7)6-5-8-3-4-10-11/h5-6H,2-4H2,1H3. The number of rotatable bonds is 2. The Morgan fingerprint density at radius 2 is 2.45 bits per heavy atom. The van der Waals surface area contributed by atoms with E-state index in [-0.39, 0.29) is 0 Å². The monoisotopic (exact) mass is 178 g/mol. The summed E-state index contributed by atoms with van der Waals surface area (Å²) in [6.45, 7) is 2.88. The van der Waals surface area contributed by atoms with Crippen molar-refractivity contribution in [2.75, 3.05) is 19.8 Å². The number of hydrogen-bond donors (Lipinski definition) is 0. The summed E-state index contributed by atoms with van der Waals surface area (Å²) in [6.07, 6.45) is 1.36. The van der Waals surface area contributed by atoms with Crippen molar-refractivity contribution in [3.05, 3.63) is 12.1 Å². The number of hydrogen-bond acceptors (Lipinski definition) is 4. The van der Waals surface area contributed by atoms with Crippen molar-refractivity contribution in [3.63, 3.8) is 0 Å². The van der Waals surface area contributed by atoms with Crippen LogP contribution in [0.4, 0.5) is 0 Å². The molecule has 0 aromatic rings. The predicted molar refractivity (Wildman–Crippen MR) is 40.3 cm³/mol. The van der Waals surface area contributed by atoms with E-state index in [4.69, 9.17) is 13.8 Å². The van der Waals surface area contributed by atoms with Crippen LogP contribution < -0.4 is 0 Å². The molecule has 5 heteroatoms. The van der Waals surface area contributed by atoms with Crippen molar-refractivity contribution < 1.29 is 18.3 Å². The van der Waals surface area contributed by atoms with Crippen molar-refractivity contribution in [2.24, 2.45) is 0 Å². The first-order chi connectivity index (χ1) is 5.27. The van der Waals surface area contributed by atoms with Crippen molar-refractivity contribution in [1.82, 2.24) is 0 Å². The lowest BCUT2D eigenvalue weighted by molar-refractivity contribution is 0.167. The molecule has 0 aliphatic carbocycles. The Bertz CT molecular complexity index is 189. The molecule has 1 unspecified atom stereocenters. The fraction of sp³-hybridized carbons (Fsp3) is 0.667. The summed E-state index contributed by atoms with van der Waals surface area (Å²) in [6, 6.07) is 0. The molecule has 1 atom stereocenters. The SMILES string of the molecule is CCOP1(=O)C=COCCO1. The van der Waals surface area contributed by atoms with E-state index in [1.54, 1.807) is 6.92 Å². The molecule has 0 aromatic heterocycles. The van der Waals surface area contributed by atoms with Crippen molar-refractivity contribution >= 4 is 7.60 Å². The van der Waals surface area contributed by atoms with E-state index in [1.807, 2.05) is 0 Å². The van der Waals surface area contributed by atoms with Crippen molar-refractivity contribution in [3.8, 4) is 0 Å². The molecule has 1 heterocycles. The van der Waals surface area contributed by atoms with Crippen LogP contribution in [0.15, 0.2) is 12.1 Å². The van der Waals surface area contributed by atoms with Crippen LogP contribution in [0.3, 0.4) is 0 Å². The highest BCUT2D eigenvalue weighted by Crippen LogP contribution is 2.50. The zero-order chi connectivity index (χ0) is 8.16. The Kier molecular flexibility index (Phi) is 3.12. The van der Waals surface area contributed by atoms with Gasteiger partial charge in [0, 0.05) is 0 Å². The molecular weight excluding hydrogens is 167 g/mol. The Morgan fingerprint density at radius 1 is 1.64 bits per heavy atom. The van der Waals surface area contributed by atoms with Gasteiger partial charge in [0.1, 0.15) is 6.61 Å². The van der Waals surface area contributed by atoms with E-state index in [0.29, 0.717) is 19.8 Å². The molecule has 1 aliphatic heterocycles. The third-order valence-electron chi connectivity index (χ3n) is 1.12. The van der Waals surface area contributed by atoms with Crippen molar-refractivity contribution in [2.45, 2.75) is 6.92 Å². The van der Waals surface area contributed by atoms with Gasteiger partial charge >= 0.3 is 7.60 Å². The van der Waals surface area contributed by atoms with E-state index in [2.05, 4.69) is 0 Å². The first-order valence-corrected chi connectivity index (χ1v) is 5.06. The van der Waals surface area contributed by atoms with Crippen LogP contribution in [0.25, 0.3) is 0 Å². The Hall–Kier alpha value is -0.310. The summed E-state index contributed by atoms with van der Waals surface area (Å²) >= 11 is 0. The lowest BCUT2D eigenvalue weighted by atomic mass is 10.8. The maximum Gasteiger partial charge on any atom is 0.357 e. The smallest absolute Gasteiger partial charge is 0.357 e. The van der Waals surface area contributed by atoms with Gasteiger partial charge in [0.2, 0.25) is 0 Å². The molecule has 0 N–H and O–H groups in total. The van der Waals surface area contributed by atoms with Gasteiger partial charge < -0.3 is 13.8 Å². The van der Waals surface area contributed by atoms with Gasteiger partial charge in [-0.25, -0.2) is 0 Å². The van der Waals surface area contributed by atoms with Gasteiger partial charge in [-0.05, 0) is 6.92 Å². The number of ether oxygens (including phenoxy) is 1. The highest BCUT2D eigenvalue weighted by molar-refractivity contribution is 7.57. The molecule has 1 aliphatic rings. The predicted octanol–water partition coefficient (Wildman–Crippen LogP) is 1.73. The van der Waals surface area contributed by atoms with Crippen LogP contribution >= 0.6 is 7.60 Å². The van der Waals surface area contributed by atoms with Gasteiger partial charge in [-0.1, -0.05) is 0 Å². The average Bonchev–Trinajstić information content (AvgIpc) is 2.15. The topological polar surface area (TPSA) is 44.8 Å². The molecule has 0 saturated heterocycles. The highest BCUT2D eigenvalue weighted by Gasteiger charge is 2.21. The summed E-state index contributed by atoms with van der Waals surface area (Å²) in [4.78, 5) is 0. The minimum absolute atomic E-state index is 0.310. The quantitative estimate of drug-likeness (QED) is 0.604. The van der Waals surface area contributed by atoms with Gasteiger partial charge in [-0.3, -0.25) is 4.57 Å². The average molecular weight is 178 g/mol. The van der Waals surface area contributed by atoms with E-state index >= 15 is 0 Å². The third-order valence-corrected chi connectivity index (χ3v) is 2.77. The molecule has 0 spiro atoms. The molecule has 0 amide bonds. The third kappa shape index (κ3) is 2.66. The zero-order valence-corrected chi connectivity index (χ0v) is 7.25. The Morgan fingerprint density at radius 3 is 3.18 bits per heavy atom. The minimum atomic E-state index is -2.96. The molecule has 0 bridgehead atoms. The second-order valence-corrected chi connectivity index (χ2v) is 3.84. The summed E-state index contributed by atoms with van der Waals surface area (Å²) in [5.41, 5.74) is 0. The van der Waals surface area contributed by atoms with E-state index in [9.17, 15) is 4.57 Å². The van der Waals surface area contributed by atoms with Crippen molar-refractivity contribution in [1.29, 1.82) is 0 Å². The highest BCUT2D eigenvalue weighted by atomic mass is 31.2. The molecule has 0 fully saturated rings. The van der Waals surface area contributed by atoms with Gasteiger partial charge in [-0.2, -0.15) is 0 Å². The van der Waals surface area contributed by atoms with Crippen LogP contribution in [0.1, 0.15) is 6.92 Å². The van der Waals surface area contributed by atoms with E-state index in [1.165, 1.54) is 12.1 Å². The lowest BCUT2D eigenvalue weighted by Gasteiger charge is -2.10. The van der Waals surface area contributed by atoms with Gasteiger partial charge in [0.05, 0.1) is 25.3 Å². The molecule has 0 saturated carbocycles. The molecule has 11 heavy (non-hydrogen) atoms. The Labute approximate surface area is 65.7 Å². The van der Waals surface area contributed by atoms with E-state index in [0.717, 1.165) is 0 Å². The fourth-order valence-corrected chi connectivity index (χ4v) is 1.87. The van der Waals surface area contributed by atoms with Crippen LogP contribution in [-0.2, 0) is 18.3 Å². The Balaban J connectivity index is 2.58. The first-order valence-electron chi connectivity index (χ1n) is 3.45.